The van der Waals surface area contributed by atoms with Crippen LogP contribution in [0.1, 0.15) is 85.1 Å². The summed E-state index contributed by atoms with van der Waals surface area (Å²) in [6.07, 6.45) is 6.84. The van der Waals surface area contributed by atoms with Gasteiger partial charge in [-0.25, -0.2) is 4.79 Å². The van der Waals surface area contributed by atoms with Crippen molar-refractivity contribution in [2.45, 2.75) is 91.1 Å². The summed E-state index contributed by atoms with van der Waals surface area (Å²) in [6, 6.07) is 6.13. The molecule has 188 valence electrons. The number of carbonyl (C=O) groups is 2. The van der Waals surface area contributed by atoms with Crippen LogP contribution in [0.25, 0.3) is 0 Å². The van der Waals surface area contributed by atoms with Crippen LogP contribution in [-0.2, 0) is 19.9 Å². The summed E-state index contributed by atoms with van der Waals surface area (Å²) in [4.78, 5) is 36.7. The fraction of sp³-hybridized carbons (Fsp3) is 0.615. The first-order chi connectivity index (χ1) is 16.1. The molecule has 1 aliphatic rings. The molecular weight excluding hydrogens is 434 g/mol. The van der Waals surface area contributed by atoms with Crippen molar-refractivity contribution in [2.24, 2.45) is 5.92 Å². The maximum absolute atomic E-state index is 13.2. The third-order valence-electron chi connectivity index (χ3n) is 6.41. The van der Waals surface area contributed by atoms with Crippen LogP contribution >= 0.6 is 0 Å². The van der Waals surface area contributed by atoms with Gasteiger partial charge < -0.3 is 15.4 Å². The highest BCUT2D eigenvalue weighted by Crippen LogP contribution is 2.40. The molecule has 34 heavy (non-hydrogen) atoms. The Kier molecular flexibility index (Phi) is 10.1. The summed E-state index contributed by atoms with van der Waals surface area (Å²) >= 11 is 0. The molecule has 1 aromatic rings. The highest BCUT2D eigenvalue weighted by molar-refractivity contribution is 5.92. The summed E-state index contributed by atoms with van der Waals surface area (Å²) in [5.74, 6) is -1.18. The minimum Gasteiger partial charge on any atom is -0.462 e. The summed E-state index contributed by atoms with van der Waals surface area (Å²) in [5.41, 5.74) is 0.997. The molecule has 1 heterocycles. The molecule has 2 unspecified atom stereocenters. The summed E-state index contributed by atoms with van der Waals surface area (Å²) in [7, 11) is 0. The average Bonchev–Trinajstić information content (AvgIpc) is 2.77. The van der Waals surface area contributed by atoms with Gasteiger partial charge in [0.1, 0.15) is 0 Å². The molecule has 2 N–H and O–H groups in total. The lowest BCUT2D eigenvalue weighted by atomic mass is 9.72. The smallest absolute Gasteiger partial charge is 0.335 e. The first kappa shape index (κ1) is 27.3. The van der Waals surface area contributed by atoms with E-state index in [4.69, 9.17) is 4.74 Å². The SMILES string of the molecule is CCCCCCCCOC(=O)C1=C(C)NC(C)(c2ccc([N+](=O)[O-])cc2)C(C(=O)NC(C)C)C1. The number of amides is 1. The number of benzene rings is 1. The molecule has 1 aromatic carbocycles. The predicted molar refractivity (Wildman–Crippen MR) is 132 cm³/mol. The van der Waals surface area contributed by atoms with Crippen LogP contribution in [0.15, 0.2) is 35.5 Å². The van der Waals surface area contributed by atoms with Crippen molar-refractivity contribution in [3.63, 3.8) is 0 Å². The maximum atomic E-state index is 13.2. The molecule has 1 aliphatic heterocycles. The molecule has 8 heteroatoms. The molecular formula is C26H39N3O5. The van der Waals surface area contributed by atoms with Crippen molar-refractivity contribution in [3.05, 3.63) is 51.2 Å². The van der Waals surface area contributed by atoms with Gasteiger partial charge in [-0.3, -0.25) is 14.9 Å². The van der Waals surface area contributed by atoms with Crippen molar-refractivity contribution < 1.29 is 19.2 Å². The minimum atomic E-state index is -0.846. The number of ether oxygens (including phenoxy) is 1. The fourth-order valence-corrected chi connectivity index (χ4v) is 4.43. The fourth-order valence-electron chi connectivity index (χ4n) is 4.43. The molecule has 2 atom stereocenters. The number of non-ortho nitro benzene ring substituents is 1. The highest BCUT2D eigenvalue weighted by atomic mass is 16.6. The highest BCUT2D eigenvalue weighted by Gasteiger charge is 2.46. The molecule has 1 amide bonds. The molecule has 0 aromatic heterocycles. The third-order valence-corrected chi connectivity index (χ3v) is 6.41. The van der Waals surface area contributed by atoms with E-state index >= 15 is 0 Å². The molecule has 0 spiro atoms. The van der Waals surface area contributed by atoms with Gasteiger partial charge in [-0.1, -0.05) is 39.0 Å². The van der Waals surface area contributed by atoms with E-state index < -0.39 is 22.3 Å². The zero-order valence-electron chi connectivity index (χ0n) is 21.1. The molecule has 0 bridgehead atoms. The summed E-state index contributed by atoms with van der Waals surface area (Å²) in [6.45, 7) is 10.0. The van der Waals surface area contributed by atoms with Gasteiger partial charge in [0, 0.05) is 23.9 Å². The Hall–Kier alpha value is -2.90. The van der Waals surface area contributed by atoms with Crippen LogP contribution in [0.2, 0.25) is 0 Å². The Morgan fingerprint density at radius 2 is 1.79 bits per heavy atom. The molecule has 8 nitrogen and oxygen atoms in total. The molecule has 0 radical (unpaired) electrons. The van der Waals surface area contributed by atoms with Gasteiger partial charge in [0.25, 0.3) is 5.69 Å². The number of nitro groups is 1. The minimum absolute atomic E-state index is 0.0161. The number of hydrogen-bond acceptors (Lipinski definition) is 6. The zero-order chi connectivity index (χ0) is 25.3. The number of rotatable bonds is 12. The number of nitrogens with zero attached hydrogens (tertiary/aromatic N) is 1. The van der Waals surface area contributed by atoms with Crippen LogP contribution < -0.4 is 10.6 Å². The monoisotopic (exact) mass is 473 g/mol. The average molecular weight is 474 g/mol. The van der Waals surface area contributed by atoms with Crippen LogP contribution in [0.4, 0.5) is 5.69 Å². The molecule has 0 aliphatic carbocycles. The van der Waals surface area contributed by atoms with Gasteiger partial charge >= 0.3 is 5.97 Å². The first-order valence-corrected chi connectivity index (χ1v) is 12.3. The lowest BCUT2D eigenvalue weighted by molar-refractivity contribution is -0.384. The Bertz CT molecular complexity index is 894. The number of esters is 1. The maximum Gasteiger partial charge on any atom is 0.335 e. The van der Waals surface area contributed by atoms with Gasteiger partial charge in [-0.15, -0.1) is 0 Å². The number of unbranched alkanes of at least 4 members (excludes halogenated alkanes) is 5. The molecule has 2 rings (SSSR count). The quantitative estimate of drug-likeness (QED) is 0.189. The number of nitrogens with one attached hydrogen (secondary N) is 2. The Balaban J connectivity index is 2.20. The van der Waals surface area contributed by atoms with E-state index in [0.29, 0.717) is 17.9 Å². The normalized spacial score (nSPS) is 20.1. The van der Waals surface area contributed by atoms with Crippen LogP contribution in [-0.4, -0.2) is 29.4 Å². The largest absolute Gasteiger partial charge is 0.462 e. The standard InChI is InChI=1S/C26H39N3O5/c1-6-7-8-9-10-11-16-34-25(31)22-17-23(24(30)27-18(2)3)26(5,28-19(22)4)20-12-14-21(15-13-20)29(32)33/h12-15,18,23,28H,6-11,16-17H2,1-5H3,(H,27,30). The van der Waals surface area contributed by atoms with Crippen LogP contribution in [0, 0.1) is 16.0 Å². The van der Waals surface area contributed by atoms with Gasteiger partial charge in [0.15, 0.2) is 0 Å². The lowest BCUT2D eigenvalue weighted by Crippen LogP contribution is -2.55. The van der Waals surface area contributed by atoms with E-state index in [1.807, 2.05) is 27.7 Å². The topological polar surface area (TPSA) is 111 Å². The first-order valence-electron chi connectivity index (χ1n) is 12.3. The van der Waals surface area contributed by atoms with Crippen LogP contribution in [0.5, 0.6) is 0 Å². The Morgan fingerprint density at radius 1 is 1.18 bits per heavy atom. The zero-order valence-corrected chi connectivity index (χ0v) is 21.1. The second-order valence-electron chi connectivity index (χ2n) is 9.56. The van der Waals surface area contributed by atoms with Gasteiger partial charge in [-0.2, -0.15) is 0 Å². The molecule has 0 saturated carbocycles. The van der Waals surface area contributed by atoms with Crippen molar-refractivity contribution in [1.29, 1.82) is 0 Å². The van der Waals surface area contributed by atoms with Crippen molar-refractivity contribution in [1.82, 2.24) is 10.6 Å². The van der Waals surface area contributed by atoms with Gasteiger partial charge in [0.2, 0.25) is 5.91 Å². The van der Waals surface area contributed by atoms with Crippen molar-refractivity contribution >= 4 is 17.6 Å². The summed E-state index contributed by atoms with van der Waals surface area (Å²) < 4.78 is 5.54. The predicted octanol–water partition coefficient (Wildman–Crippen LogP) is 5.12. The third kappa shape index (κ3) is 7.05. The van der Waals surface area contributed by atoms with Crippen molar-refractivity contribution in [2.75, 3.05) is 6.61 Å². The lowest BCUT2D eigenvalue weighted by Gasteiger charge is -2.43. The Labute approximate surface area is 202 Å². The van der Waals surface area contributed by atoms with Crippen molar-refractivity contribution in [3.8, 4) is 0 Å². The van der Waals surface area contributed by atoms with E-state index in [-0.39, 0.29) is 24.1 Å². The Morgan fingerprint density at radius 3 is 2.38 bits per heavy atom. The van der Waals surface area contributed by atoms with E-state index in [2.05, 4.69) is 17.6 Å². The molecule has 0 saturated heterocycles. The second kappa shape index (κ2) is 12.5. The van der Waals surface area contributed by atoms with E-state index in [0.717, 1.165) is 24.8 Å². The van der Waals surface area contributed by atoms with E-state index in [1.54, 1.807) is 12.1 Å². The molecule has 0 fully saturated rings. The summed E-state index contributed by atoms with van der Waals surface area (Å²) in [5, 5.41) is 17.4. The van der Waals surface area contributed by atoms with Crippen LogP contribution in [0.3, 0.4) is 0 Å². The number of carbonyl (C=O) groups excluding carboxylic acids is 2. The number of hydrogen-bond donors (Lipinski definition) is 2. The van der Waals surface area contributed by atoms with Gasteiger partial charge in [-0.05, 0) is 58.2 Å². The number of nitro benzene ring substituents is 1. The van der Waals surface area contributed by atoms with E-state index in [9.17, 15) is 19.7 Å². The van der Waals surface area contributed by atoms with E-state index in [1.165, 1.54) is 31.4 Å². The van der Waals surface area contributed by atoms with Gasteiger partial charge in [0.05, 0.1) is 28.6 Å². The second-order valence-corrected chi connectivity index (χ2v) is 9.56. The number of allylic oxidation sites excluding steroid dienone is 1.